The van der Waals surface area contributed by atoms with E-state index in [0.29, 0.717) is 0 Å². The number of methoxy groups -OCH3 is 1. The second kappa shape index (κ2) is 6.06. The van der Waals surface area contributed by atoms with Crippen LogP contribution in [-0.2, 0) is 16.0 Å². The average Bonchev–Trinajstić information content (AvgIpc) is 2.45. The van der Waals surface area contributed by atoms with E-state index < -0.39 is 12.1 Å². The van der Waals surface area contributed by atoms with Crippen LogP contribution < -0.4 is 4.74 Å². The van der Waals surface area contributed by atoms with Crippen LogP contribution >= 0.6 is 0 Å². The fourth-order valence-corrected chi connectivity index (χ4v) is 2.68. The SMILES string of the molecule is CCOC(=O)C(O)[C@@H]1CCCc2cc(OC)ccc21. The third kappa shape index (κ3) is 2.89. The molecule has 0 saturated carbocycles. The maximum atomic E-state index is 11.7. The van der Waals surface area contributed by atoms with E-state index in [-0.39, 0.29) is 12.5 Å². The molecule has 0 heterocycles. The van der Waals surface area contributed by atoms with E-state index in [1.807, 2.05) is 18.2 Å². The molecular weight excluding hydrogens is 244 g/mol. The van der Waals surface area contributed by atoms with Crippen LogP contribution in [0.15, 0.2) is 18.2 Å². The Morgan fingerprint density at radius 1 is 1.53 bits per heavy atom. The third-order valence-corrected chi connectivity index (χ3v) is 3.62. The van der Waals surface area contributed by atoms with Gasteiger partial charge in [-0.2, -0.15) is 0 Å². The number of benzene rings is 1. The highest BCUT2D eigenvalue weighted by Gasteiger charge is 2.32. The fraction of sp³-hybridized carbons (Fsp3) is 0.533. The van der Waals surface area contributed by atoms with Crippen molar-refractivity contribution in [3.63, 3.8) is 0 Å². The van der Waals surface area contributed by atoms with Gasteiger partial charge in [-0.05, 0) is 49.4 Å². The Bertz CT molecular complexity index is 455. The van der Waals surface area contributed by atoms with E-state index in [4.69, 9.17) is 9.47 Å². The van der Waals surface area contributed by atoms with E-state index in [2.05, 4.69) is 0 Å². The molecule has 0 aliphatic heterocycles. The molecular formula is C15H20O4. The maximum Gasteiger partial charge on any atom is 0.335 e. The van der Waals surface area contributed by atoms with E-state index >= 15 is 0 Å². The molecule has 0 radical (unpaired) electrons. The minimum atomic E-state index is -1.08. The van der Waals surface area contributed by atoms with Crippen LogP contribution in [0.2, 0.25) is 0 Å². The number of hydrogen-bond donors (Lipinski definition) is 1. The number of carbonyl (C=O) groups excluding carboxylic acids is 1. The Hall–Kier alpha value is -1.55. The molecule has 2 atom stereocenters. The van der Waals surface area contributed by atoms with Crippen molar-refractivity contribution in [2.45, 2.75) is 38.2 Å². The summed E-state index contributed by atoms with van der Waals surface area (Å²) in [5.41, 5.74) is 2.19. The highest BCUT2D eigenvalue weighted by atomic mass is 16.5. The van der Waals surface area contributed by atoms with Crippen LogP contribution in [0.3, 0.4) is 0 Å². The number of ether oxygens (including phenoxy) is 2. The number of esters is 1. The van der Waals surface area contributed by atoms with Crippen molar-refractivity contribution in [3.8, 4) is 5.75 Å². The van der Waals surface area contributed by atoms with Gasteiger partial charge in [0.25, 0.3) is 0 Å². The Kier molecular flexibility index (Phi) is 4.43. The first-order chi connectivity index (χ1) is 9.17. The number of fused-ring (bicyclic) bond motifs is 1. The lowest BCUT2D eigenvalue weighted by Crippen LogP contribution is -2.32. The number of aryl methyl sites for hydroxylation is 1. The maximum absolute atomic E-state index is 11.7. The quantitative estimate of drug-likeness (QED) is 0.845. The van der Waals surface area contributed by atoms with Crippen LogP contribution in [0, 0.1) is 0 Å². The highest BCUT2D eigenvalue weighted by Crippen LogP contribution is 2.36. The average molecular weight is 264 g/mol. The number of aliphatic hydroxyl groups excluding tert-OH is 1. The molecule has 1 aromatic rings. The van der Waals surface area contributed by atoms with Crippen LogP contribution in [0.25, 0.3) is 0 Å². The van der Waals surface area contributed by atoms with Gasteiger partial charge >= 0.3 is 5.97 Å². The largest absolute Gasteiger partial charge is 0.497 e. The van der Waals surface area contributed by atoms with Gasteiger partial charge in [0.1, 0.15) is 5.75 Å². The Morgan fingerprint density at radius 2 is 2.32 bits per heavy atom. The lowest BCUT2D eigenvalue weighted by molar-refractivity contribution is -0.154. The van der Waals surface area contributed by atoms with E-state index in [0.717, 1.165) is 36.1 Å². The minimum absolute atomic E-state index is 0.172. The molecule has 1 aliphatic rings. The van der Waals surface area contributed by atoms with Gasteiger partial charge in [-0.25, -0.2) is 4.79 Å². The molecule has 0 amide bonds. The lowest BCUT2D eigenvalue weighted by Gasteiger charge is -2.28. The predicted octanol–water partition coefficient (Wildman–Crippen LogP) is 2.04. The van der Waals surface area contributed by atoms with Crippen LogP contribution in [0.4, 0.5) is 0 Å². The summed E-state index contributed by atoms with van der Waals surface area (Å²) >= 11 is 0. The Morgan fingerprint density at radius 3 is 3.00 bits per heavy atom. The summed E-state index contributed by atoms with van der Waals surface area (Å²) in [5.74, 6) is 0.106. The highest BCUT2D eigenvalue weighted by molar-refractivity contribution is 5.76. The summed E-state index contributed by atoms with van der Waals surface area (Å²) in [6, 6.07) is 5.80. The Balaban J connectivity index is 2.24. The normalized spacial score (nSPS) is 19.4. The molecule has 4 heteroatoms. The fourth-order valence-electron chi connectivity index (χ4n) is 2.68. The van der Waals surface area contributed by atoms with Crippen molar-refractivity contribution in [1.29, 1.82) is 0 Å². The summed E-state index contributed by atoms with van der Waals surface area (Å²) in [7, 11) is 1.63. The molecule has 104 valence electrons. The zero-order valence-corrected chi connectivity index (χ0v) is 11.4. The number of aliphatic hydroxyl groups is 1. The molecule has 1 aliphatic carbocycles. The Labute approximate surface area is 113 Å². The van der Waals surface area contributed by atoms with Crippen LogP contribution in [0.5, 0.6) is 5.75 Å². The van der Waals surface area contributed by atoms with Gasteiger partial charge in [0, 0.05) is 5.92 Å². The molecule has 0 aromatic heterocycles. The molecule has 1 aromatic carbocycles. The molecule has 1 unspecified atom stereocenters. The van der Waals surface area contributed by atoms with Crippen molar-refractivity contribution < 1.29 is 19.4 Å². The van der Waals surface area contributed by atoms with Crippen molar-refractivity contribution >= 4 is 5.97 Å². The van der Waals surface area contributed by atoms with Gasteiger partial charge in [0.2, 0.25) is 0 Å². The second-order valence-electron chi connectivity index (χ2n) is 4.76. The molecule has 19 heavy (non-hydrogen) atoms. The van der Waals surface area contributed by atoms with Gasteiger partial charge in [-0.3, -0.25) is 0 Å². The molecule has 2 rings (SSSR count). The second-order valence-corrected chi connectivity index (χ2v) is 4.76. The van der Waals surface area contributed by atoms with Crippen molar-refractivity contribution in [2.75, 3.05) is 13.7 Å². The van der Waals surface area contributed by atoms with Crippen LogP contribution in [-0.4, -0.2) is 30.9 Å². The van der Waals surface area contributed by atoms with E-state index in [1.165, 1.54) is 0 Å². The van der Waals surface area contributed by atoms with E-state index in [9.17, 15) is 9.90 Å². The number of hydrogen-bond acceptors (Lipinski definition) is 4. The number of carbonyl (C=O) groups is 1. The van der Waals surface area contributed by atoms with Gasteiger partial charge in [-0.1, -0.05) is 6.07 Å². The molecule has 0 bridgehead atoms. The molecule has 0 spiro atoms. The molecule has 4 nitrogen and oxygen atoms in total. The van der Waals surface area contributed by atoms with Gasteiger partial charge in [0.15, 0.2) is 6.10 Å². The van der Waals surface area contributed by atoms with Crippen LogP contribution in [0.1, 0.15) is 36.8 Å². The van der Waals surface area contributed by atoms with Crippen molar-refractivity contribution in [2.24, 2.45) is 0 Å². The zero-order chi connectivity index (χ0) is 13.8. The standard InChI is InChI=1S/C15H20O4/c1-3-19-15(17)14(16)13-6-4-5-10-9-11(18-2)7-8-12(10)13/h7-9,13-14,16H,3-6H2,1-2H3/t13-,14?/m1/s1. The van der Waals surface area contributed by atoms with Crippen molar-refractivity contribution in [1.82, 2.24) is 0 Å². The third-order valence-electron chi connectivity index (χ3n) is 3.62. The predicted molar refractivity (Wildman–Crippen MR) is 71.3 cm³/mol. The molecule has 0 saturated heterocycles. The van der Waals surface area contributed by atoms with E-state index in [1.54, 1.807) is 14.0 Å². The number of rotatable bonds is 4. The summed E-state index contributed by atoms with van der Waals surface area (Å²) in [6.07, 6.45) is 1.64. The summed E-state index contributed by atoms with van der Waals surface area (Å²) in [6.45, 7) is 2.03. The summed E-state index contributed by atoms with van der Waals surface area (Å²) in [4.78, 5) is 11.7. The first-order valence-corrected chi connectivity index (χ1v) is 6.69. The smallest absolute Gasteiger partial charge is 0.335 e. The van der Waals surface area contributed by atoms with Gasteiger partial charge in [-0.15, -0.1) is 0 Å². The summed E-state index contributed by atoms with van der Waals surface area (Å²) < 4.78 is 10.1. The monoisotopic (exact) mass is 264 g/mol. The first-order valence-electron chi connectivity index (χ1n) is 6.69. The molecule has 0 fully saturated rings. The summed E-state index contributed by atoms with van der Waals surface area (Å²) in [5, 5.41) is 10.1. The van der Waals surface area contributed by atoms with Gasteiger partial charge < -0.3 is 14.6 Å². The lowest BCUT2D eigenvalue weighted by atomic mass is 9.79. The van der Waals surface area contributed by atoms with Crippen molar-refractivity contribution in [3.05, 3.63) is 29.3 Å². The first kappa shape index (κ1) is 13.9. The topological polar surface area (TPSA) is 55.8 Å². The zero-order valence-electron chi connectivity index (χ0n) is 11.4. The molecule has 1 N–H and O–H groups in total. The van der Waals surface area contributed by atoms with Gasteiger partial charge in [0.05, 0.1) is 13.7 Å². The minimum Gasteiger partial charge on any atom is -0.497 e.